The molecule has 61 heavy (non-hydrogen) atoms. The van der Waals surface area contributed by atoms with Gasteiger partial charge in [-0.05, 0) is 203 Å². The fourth-order valence-electron chi connectivity index (χ4n) is 3.64. The number of rotatable bonds is 29. The lowest BCUT2D eigenvalue weighted by atomic mass is 28.4. The highest BCUT2D eigenvalue weighted by Gasteiger charge is 2.61. The second-order valence-corrected chi connectivity index (χ2v) is 259. The Kier molecular flexibility index (Phi) is 68.6. The maximum Gasteiger partial charge on any atom is -0.0000111 e. The summed E-state index contributed by atoms with van der Waals surface area (Å²) in [4.78, 5) is 0. The lowest BCUT2D eigenvalue weighted by molar-refractivity contribution is 4.33. The van der Waals surface area contributed by atoms with E-state index in [1.807, 2.05) is 0 Å². The van der Waals surface area contributed by atoms with E-state index in [0.29, 0.717) is 0 Å². The van der Waals surface area contributed by atoms with Crippen molar-refractivity contribution in [2.45, 2.75) is 0 Å². The summed E-state index contributed by atoms with van der Waals surface area (Å²) < 4.78 is 0. The third-order valence-corrected chi connectivity index (χ3v) is 431. The van der Waals surface area contributed by atoms with E-state index in [9.17, 15) is 0 Å². The summed E-state index contributed by atoms with van der Waals surface area (Å²) in [6.07, 6.45) is 0. The summed E-state index contributed by atoms with van der Waals surface area (Å²) in [5, 5.41) is 0. The van der Waals surface area contributed by atoms with Gasteiger partial charge in [0.05, 0.1) is 0 Å². The molecule has 0 aromatic heterocycles. The van der Waals surface area contributed by atoms with E-state index in [2.05, 4.69) is 277 Å². The Morgan fingerprint density at radius 3 is 0.377 bits per heavy atom. The van der Waals surface area contributed by atoms with Crippen molar-refractivity contribution in [1.29, 1.82) is 0 Å². The summed E-state index contributed by atoms with van der Waals surface area (Å²) in [5.74, 6) is 0. The lowest BCUT2D eigenvalue weighted by Gasteiger charge is -2.60. The number of hydrogen-bond acceptors (Lipinski definition) is 0. The Labute approximate surface area is 480 Å². The second kappa shape index (κ2) is 48.0. The van der Waals surface area contributed by atoms with Crippen molar-refractivity contribution in [1.82, 2.24) is 0 Å². The molecule has 0 N–H and O–H groups in total. The molecular weight excluding hydrogens is 1890 g/mol. The molecule has 0 saturated heterocycles. The zero-order chi connectivity index (χ0) is 48.5. The molecule has 0 aliphatic carbocycles. The minimum Gasteiger partial charge on any atom is -0.109 e. The first kappa shape index (κ1) is 87.2. The standard InChI is InChI=1S/H63P61/c1-32-48(33(2)3)56(49(34(4)5)35(6)7)60(57(50(36(8)9)37(10)11)51(38(12)13)39(14)15)61(58(52(40(16)17)41(18)19)53(42(20)21)43(22)23)59(54(44(24)25)45(26)27)55(46(28)29)47(30)31/h32H,1-31H2. The monoisotopic (exact) mass is 1950 g/mol. The van der Waals surface area contributed by atoms with Gasteiger partial charge in [0, 0.05) is 0 Å². The van der Waals surface area contributed by atoms with Crippen LogP contribution in [-0.4, -0.2) is 0 Å². The van der Waals surface area contributed by atoms with Crippen LogP contribution in [0.1, 0.15) is 0 Å². The van der Waals surface area contributed by atoms with E-state index >= 15 is 0 Å². The fourth-order valence-corrected chi connectivity index (χ4v) is 883. The van der Waals surface area contributed by atoms with E-state index < -0.39 is 0 Å². The van der Waals surface area contributed by atoms with Crippen LogP contribution in [0.2, 0.25) is 0 Å². The predicted octanol–water partition coefficient (Wildman–Crippen LogP) is 35.7. The van der Waals surface area contributed by atoms with Crippen molar-refractivity contribution >= 4 is 487 Å². The third kappa shape index (κ3) is 31.1. The molecule has 0 amide bonds. The Bertz CT molecular complexity index is 947. The van der Waals surface area contributed by atoms with Gasteiger partial charge in [0.15, 0.2) is 0 Å². The maximum atomic E-state index is 3.57. The van der Waals surface area contributed by atoms with E-state index in [4.69, 9.17) is 0 Å². The topological polar surface area (TPSA) is 0 Å². The van der Waals surface area contributed by atoms with Crippen LogP contribution in [0.25, 0.3) is 0 Å². The molecule has 0 bridgehead atoms. The summed E-state index contributed by atoms with van der Waals surface area (Å²) >= 11 is 0. The minimum absolute atomic E-state index is 0.146. The molecule has 368 valence electrons. The zero-order valence-electron chi connectivity index (χ0n) is 31.4. The molecule has 0 nitrogen and oxygen atoms in total. The third-order valence-electron chi connectivity index (χ3n) is 5.32. The first-order valence-electron chi connectivity index (χ1n) is 13.9. The van der Waals surface area contributed by atoms with Gasteiger partial charge in [-0.1, -0.05) is 7.96 Å². The highest BCUT2D eigenvalue weighted by molar-refractivity contribution is 9.54. The van der Waals surface area contributed by atoms with Crippen LogP contribution >= 0.6 is 487 Å². The average Bonchev–Trinajstić information content (AvgIpc) is 3.03. The van der Waals surface area contributed by atoms with Gasteiger partial charge >= 0.3 is 0 Å². The second-order valence-electron chi connectivity index (χ2n) is 9.61. The van der Waals surface area contributed by atoms with Crippen LogP contribution in [-0.2, 0) is 0 Å². The Morgan fingerprint density at radius 2 is 0.262 bits per heavy atom. The molecule has 0 aromatic carbocycles. The van der Waals surface area contributed by atoms with E-state index in [-0.39, 0.29) is 203 Å². The molecule has 0 radical (unpaired) electrons. The van der Waals surface area contributed by atoms with Gasteiger partial charge in [-0.25, -0.2) is 0 Å². The first-order valence-corrected chi connectivity index (χ1v) is 125. The summed E-state index contributed by atoms with van der Waals surface area (Å²) in [7, 11) is 111. The van der Waals surface area contributed by atoms with Crippen molar-refractivity contribution in [2.75, 3.05) is 0 Å². The molecule has 0 heterocycles. The molecule has 0 aliphatic rings. The molecule has 35 unspecified atom stereocenters. The molecule has 0 aliphatic heterocycles. The molecule has 0 fully saturated rings. The van der Waals surface area contributed by atoms with Crippen LogP contribution < -0.4 is 0 Å². The van der Waals surface area contributed by atoms with Crippen LogP contribution in [0.5, 0.6) is 0 Å². The Balaban J connectivity index is 10.8. The average molecular weight is 1950 g/mol. The van der Waals surface area contributed by atoms with Gasteiger partial charge < -0.3 is 0 Å². The van der Waals surface area contributed by atoms with Gasteiger partial charge in [-0.3, -0.25) is 0 Å². The van der Waals surface area contributed by atoms with Crippen LogP contribution in [0.3, 0.4) is 0 Å². The summed E-state index contributed by atoms with van der Waals surface area (Å²) in [5.41, 5.74) is 0. The smallest absolute Gasteiger partial charge is 0.0000111 e. The van der Waals surface area contributed by atoms with E-state index in [1.165, 1.54) is 0 Å². The molecule has 61 heteroatoms. The van der Waals surface area contributed by atoms with Gasteiger partial charge in [0.2, 0.25) is 0 Å². The summed E-state index contributed by atoms with van der Waals surface area (Å²) in [6.45, 7) is -6.56. The van der Waals surface area contributed by atoms with Gasteiger partial charge in [-0.15, -0.1) is 277 Å². The molecular formula is H63P61. The van der Waals surface area contributed by atoms with Crippen LogP contribution in [0, 0.1) is 0 Å². The molecule has 35 atom stereocenters. The highest BCUT2D eigenvalue weighted by Crippen LogP contribution is 3.48. The molecule has 0 saturated carbocycles. The van der Waals surface area contributed by atoms with Gasteiger partial charge in [-0.2, -0.15) is 0 Å². The Morgan fingerprint density at radius 1 is 0.148 bits per heavy atom. The van der Waals surface area contributed by atoms with Crippen molar-refractivity contribution in [2.24, 2.45) is 0 Å². The van der Waals surface area contributed by atoms with Crippen molar-refractivity contribution < 1.29 is 0 Å². The minimum atomic E-state index is -0.269. The highest BCUT2D eigenvalue weighted by atomic mass is 33.6. The molecule has 0 aromatic rings. The van der Waals surface area contributed by atoms with Crippen LogP contribution in [0.15, 0.2) is 0 Å². The van der Waals surface area contributed by atoms with Crippen LogP contribution in [0.4, 0.5) is 0 Å². The summed E-state index contributed by atoms with van der Waals surface area (Å²) in [6, 6.07) is 0. The fraction of sp³-hybridized carbons (Fsp3) is 0. The molecule has 0 rings (SSSR count). The zero-order valence-corrected chi connectivity index (χ0v) is 94.1. The lowest BCUT2D eigenvalue weighted by Crippen LogP contribution is -1.73. The number of hydrogen-bond donors (Lipinski definition) is 0. The van der Waals surface area contributed by atoms with Gasteiger partial charge in [0.25, 0.3) is 0 Å². The SMILES string of the molecule is PPP(P(P)P)P(P(P(P)P)P(P)P)P(P(P(P(P)P)P(P)P)P(P(P)P)P(P)P)P(P(P(P(P)P)P(P)P)P(P(P)P)P(P)P)P(P(P(P)P)P(P)P)P(P(P)P)P(P)P. The van der Waals surface area contributed by atoms with Crippen molar-refractivity contribution in [3.05, 3.63) is 0 Å². The largest absolute Gasteiger partial charge is 0.109 e. The van der Waals surface area contributed by atoms with Crippen molar-refractivity contribution in [3.8, 4) is 0 Å². The molecule has 0 spiro atoms. The van der Waals surface area contributed by atoms with E-state index in [1.54, 1.807) is 0 Å². The normalized spacial score (nSPS) is 16.1. The quantitative estimate of drug-likeness (QED) is 0.0655. The predicted molar refractivity (Wildman–Crippen MR) is 510 cm³/mol. The maximum absolute atomic E-state index is 3.57. The Hall–Kier alpha value is 26.2. The van der Waals surface area contributed by atoms with Gasteiger partial charge in [0.1, 0.15) is 0 Å². The van der Waals surface area contributed by atoms with Crippen molar-refractivity contribution in [3.63, 3.8) is 0 Å². The van der Waals surface area contributed by atoms with E-state index in [0.717, 1.165) is 7.96 Å². The first-order chi connectivity index (χ1) is 27.8.